The average molecular weight is 338 g/mol. The molecule has 0 radical (unpaired) electrons. The molecule has 0 spiro atoms. The lowest BCUT2D eigenvalue weighted by atomic mass is 9.83. The van der Waals surface area contributed by atoms with Crippen LogP contribution in [-0.4, -0.2) is 29.0 Å². The third-order valence-corrected chi connectivity index (χ3v) is 4.32. The molecule has 1 heterocycles. The summed E-state index contributed by atoms with van der Waals surface area (Å²) < 4.78 is 0.600. The molecule has 0 fully saturated rings. The van der Waals surface area contributed by atoms with Crippen molar-refractivity contribution in [1.29, 1.82) is 0 Å². The Morgan fingerprint density at radius 1 is 1.35 bits per heavy atom. The van der Waals surface area contributed by atoms with Gasteiger partial charge in [0.05, 0.1) is 4.47 Å². The highest BCUT2D eigenvalue weighted by Crippen LogP contribution is 2.31. The van der Waals surface area contributed by atoms with Gasteiger partial charge in [0.2, 0.25) is 0 Å². The molecule has 3 nitrogen and oxygen atoms in total. The smallest absolute Gasteiger partial charge is 0.254 e. The van der Waals surface area contributed by atoms with Gasteiger partial charge < -0.3 is 10.0 Å². The summed E-state index contributed by atoms with van der Waals surface area (Å²) in [6.45, 7) is 7.97. The van der Waals surface area contributed by atoms with E-state index in [0.717, 1.165) is 13.0 Å². The number of benzene rings is 1. The van der Waals surface area contributed by atoms with E-state index in [0.29, 0.717) is 16.6 Å². The van der Waals surface area contributed by atoms with E-state index in [9.17, 15) is 9.90 Å². The van der Waals surface area contributed by atoms with Crippen LogP contribution in [0.15, 0.2) is 34.3 Å². The minimum atomic E-state index is -0.0305. The zero-order valence-corrected chi connectivity index (χ0v) is 13.7. The first-order valence-corrected chi connectivity index (χ1v) is 7.55. The monoisotopic (exact) mass is 337 g/mol. The predicted molar refractivity (Wildman–Crippen MR) is 83.9 cm³/mol. The maximum Gasteiger partial charge on any atom is 0.254 e. The van der Waals surface area contributed by atoms with Gasteiger partial charge >= 0.3 is 0 Å². The molecular formula is C16H20BrNO2. The number of nitrogens with zero attached hydrogens (tertiary/aromatic N) is 1. The molecule has 1 aliphatic rings. The molecule has 0 saturated carbocycles. The molecule has 1 aromatic carbocycles. The molecule has 0 unspecified atom stereocenters. The van der Waals surface area contributed by atoms with E-state index in [1.165, 1.54) is 11.6 Å². The van der Waals surface area contributed by atoms with Crippen LogP contribution in [0.3, 0.4) is 0 Å². The van der Waals surface area contributed by atoms with Crippen molar-refractivity contribution in [3.63, 3.8) is 0 Å². The van der Waals surface area contributed by atoms with Crippen LogP contribution >= 0.6 is 15.9 Å². The summed E-state index contributed by atoms with van der Waals surface area (Å²) in [6.07, 6.45) is 3.07. The third-order valence-electron chi connectivity index (χ3n) is 3.65. The molecule has 1 aromatic rings. The number of hydrogen-bond donors (Lipinski definition) is 1. The number of hydrogen-bond acceptors (Lipinski definition) is 2. The first-order chi connectivity index (χ1) is 9.29. The zero-order chi connectivity index (χ0) is 14.9. The highest BCUT2D eigenvalue weighted by Gasteiger charge is 2.24. The van der Waals surface area contributed by atoms with Crippen LogP contribution in [0.5, 0.6) is 5.75 Å². The highest BCUT2D eigenvalue weighted by atomic mass is 79.9. The molecule has 4 heteroatoms. The number of carbonyl (C=O) groups is 1. The SMILES string of the molecule is CC(C)(C)C1=CCN(C(=O)c2ccc(Br)c(O)c2)CC1. The molecule has 20 heavy (non-hydrogen) atoms. The van der Waals surface area contributed by atoms with E-state index in [-0.39, 0.29) is 17.1 Å². The lowest BCUT2D eigenvalue weighted by Crippen LogP contribution is -2.36. The molecule has 0 aromatic heterocycles. The predicted octanol–water partition coefficient (Wildman–Crippen LogP) is 3.97. The highest BCUT2D eigenvalue weighted by molar-refractivity contribution is 9.10. The van der Waals surface area contributed by atoms with Crippen LogP contribution in [0.1, 0.15) is 37.6 Å². The number of halogens is 1. The van der Waals surface area contributed by atoms with Gasteiger partial charge in [-0.3, -0.25) is 4.79 Å². The topological polar surface area (TPSA) is 40.5 Å². The van der Waals surface area contributed by atoms with Gasteiger partial charge in [0.15, 0.2) is 0 Å². The van der Waals surface area contributed by atoms with Crippen LogP contribution in [-0.2, 0) is 0 Å². The second kappa shape index (κ2) is 5.60. The normalized spacial score (nSPS) is 16.0. The summed E-state index contributed by atoms with van der Waals surface area (Å²) in [5, 5.41) is 9.67. The Balaban J connectivity index is 2.12. The number of rotatable bonds is 1. The molecule has 1 N–H and O–H groups in total. The average Bonchev–Trinajstić information content (AvgIpc) is 2.40. The van der Waals surface area contributed by atoms with Crippen LogP contribution in [0.4, 0.5) is 0 Å². The van der Waals surface area contributed by atoms with Crippen LogP contribution in [0, 0.1) is 5.41 Å². The first-order valence-electron chi connectivity index (χ1n) is 6.76. The fourth-order valence-corrected chi connectivity index (χ4v) is 2.61. The van der Waals surface area contributed by atoms with Crippen LogP contribution < -0.4 is 0 Å². The van der Waals surface area contributed by atoms with Crippen LogP contribution in [0.25, 0.3) is 0 Å². The van der Waals surface area contributed by atoms with E-state index in [1.807, 2.05) is 4.90 Å². The van der Waals surface area contributed by atoms with E-state index >= 15 is 0 Å². The van der Waals surface area contributed by atoms with Gasteiger partial charge in [0.1, 0.15) is 5.75 Å². The van der Waals surface area contributed by atoms with E-state index in [1.54, 1.807) is 12.1 Å². The molecule has 0 aliphatic carbocycles. The van der Waals surface area contributed by atoms with E-state index in [4.69, 9.17) is 0 Å². The van der Waals surface area contributed by atoms with Crippen molar-refractivity contribution >= 4 is 21.8 Å². The van der Waals surface area contributed by atoms with E-state index in [2.05, 4.69) is 42.8 Å². The molecular weight excluding hydrogens is 318 g/mol. The van der Waals surface area contributed by atoms with Crippen molar-refractivity contribution < 1.29 is 9.90 Å². The summed E-state index contributed by atoms with van der Waals surface area (Å²) in [5.74, 6) is 0.0655. The minimum Gasteiger partial charge on any atom is -0.507 e. The first kappa shape index (κ1) is 15.1. The van der Waals surface area contributed by atoms with Crippen molar-refractivity contribution in [1.82, 2.24) is 4.90 Å². The second-order valence-corrected chi connectivity index (χ2v) is 7.00. The van der Waals surface area contributed by atoms with Gasteiger partial charge in [-0.1, -0.05) is 32.4 Å². The third kappa shape index (κ3) is 3.23. The van der Waals surface area contributed by atoms with Gasteiger partial charge in [-0.05, 0) is 46.0 Å². The second-order valence-electron chi connectivity index (χ2n) is 6.15. The summed E-state index contributed by atoms with van der Waals surface area (Å²) in [6, 6.07) is 4.94. The van der Waals surface area contributed by atoms with Gasteiger partial charge in [0.25, 0.3) is 5.91 Å². The number of amides is 1. The summed E-state index contributed by atoms with van der Waals surface area (Å²) in [4.78, 5) is 14.2. The number of carbonyl (C=O) groups excluding carboxylic acids is 1. The zero-order valence-electron chi connectivity index (χ0n) is 12.1. The van der Waals surface area contributed by atoms with Crippen LogP contribution in [0.2, 0.25) is 0 Å². The molecule has 1 amide bonds. The van der Waals surface area contributed by atoms with Crippen molar-refractivity contribution in [2.45, 2.75) is 27.2 Å². The maximum atomic E-state index is 12.4. The molecule has 2 rings (SSSR count). The Morgan fingerprint density at radius 2 is 2.05 bits per heavy atom. The van der Waals surface area contributed by atoms with Crippen molar-refractivity contribution in [3.05, 3.63) is 39.9 Å². The molecule has 0 saturated heterocycles. The Hall–Kier alpha value is -1.29. The Kier molecular flexibility index (Phi) is 4.23. The number of aromatic hydroxyl groups is 1. The Morgan fingerprint density at radius 3 is 2.55 bits per heavy atom. The quantitative estimate of drug-likeness (QED) is 0.787. The van der Waals surface area contributed by atoms with E-state index < -0.39 is 0 Å². The number of phenolic OH excluding ortho intramolecular Hbond substituents is 1. The largest absolute Gasteiger partial charge is 0.507 e. The summed E-state index contributed by atoms with van der Waals surface area (Å²) in [5.41, 5.74) is 2.10. The Bertz CT molecular complexity index is 558. The van der Waals surface area contributed by atoms with Gasteiger partial charge in [0, 0.05) is 18.7 Å². The fraction of sp³-hybridized carbons (Fsp3) is 0.438. The molecule has 0 bridgehead atoms. The number of phenols is 1. The minimum absolute atomic E-state index is 0.0305. The van der Waals surface area contributed by atoms with Gasteiger partial charge in [-0.25, -0.2) is 0 Å². The van der Waals surface area contributed by atoms with Gasteiger partial charge in [-0.15, -0.1) is 0 Å². The lowest BCUT2D eigenvalue weighted by Gasteiger charge is -2.32. The molecule has 108 valence electrons. The maximum absolute atomic E-state index is 12.4. The lowest BCUT2D eigenvalue weighted by molar-refractivity contribution is 0.0764. The van der Waals surface area contributed by atoms with Crippen molar-refractivity contribution in [3.8, 4) is 5.75 Å². The molecule has 1 aliphatic heterocycles. The standard InChI is InChI=1S/C16H20BrNO2/c1-16(2,3)12-6-8-18(9-7-12)15(20)11-4-5-13(17)14(19)10-11/h4-6,10,19H,7-9H2,1-3H3. The Labute approximate surface area is 128 Å². The van der Waals surface area contributed by atoms with Crippen molar-refractivity contribution in [2.24, 2.45) is 5.41 Å². The fourth-order valence-electron chi connectivity index (χ4n) is 2.36. The van der Waals surface area contributed by atoms with Crippen molar-refractivity contribution in [2.75, 3.05) is 13.1 Å². The van der Waals surface area contributed by atoms with Gasteiger partial charge in [-0.2, -0.15) is 0 Å². The summed E-state index contributed by atoms with van der Waals surface area (Å²) >= 11 is 3.22. The summed E-state index contributed by atoms with van der Waals surface area (Å²) in [7, 11) is 0. The molecule has 0 atom stereocenters.